The fourth-order valence-electron chi connectivity index (χ4n) is 3.86. The molecule has 2 bridgehead atoms. The van der Waals surface area contributed by atoms with Crippen molar-refractivity contribution in [3.8, 4) is 0 Å². The van der Waals surface area contributed by atoms with Crippen molar-refractivity contribution >= 4 is 19.8 Å². The average molecular weight is 302 g/mol. The van der Waals surface area contributed by atoms with E-state index in [-0.39, 0.29) is 18.0 Å². The van der Waals surface area contributed by atoms with Crippen molar-refractivity contribution in [1.82, 2.24) is 9.80 Å². The molecule has 2 radical (unpaired) electrons. The van der Waals surface area contributed by atoms with E-state index in [0.29, 0.717) is 36.9 Å². The van der Waals surface area contributed by atoms with E-state index in [0.717, 1.165) is 12.8 Å². The number of rotatable bonds is 0. The minimum absolute atomic E-state index is 0.0448. The third kappa shape index (κ3) is 2.88. The number of hydrogen-bond acceptors (Lipinski definition) is 3. The van der Waals surface area contributed by atoms with Gasteiger partial charge in [0.15, 0.2) is 0 Å². The van der Waals surface area contributed by atoms with Crippen LogP contribution in [0, 0.1) is 11.8 Å². The van der Waals surface area contributed by atoms with Crippen molar-refractivity contribution in [2.75, 3.05) is 19.6 Å². The fraction of sp³-hybridized carbons (Fsp3) is 0.750. The number of carbonyl (C=O) groups excluding carboxylic acids is 2. The van der Waals surface area contributed by atoms with E-state index in [2.05, 4.69) is 0 Å². The summed E-state index contributed by atoms with van der Waals surface area (Å²) >= 11 is 0. The average Bonchev–Trinajstić information content (AvgIpc) is 2.41. The zero-order chi connectivity index (χ0) is 16.1. The lowest BCUT2D eigenvalue weighted by molar-refractivity contribution is -0.136. The van der Waals surface area contributed by atoms with Crippen LogP contribution in [0.1, 0.15) is 33.6 Å². The van der Waals surface area contributed by atoms with Gasteiger partial charge in [0.05, 0.1) is 0 Å². The molecule has 2 saturated heterocycles. The smallest absolute Gasteiger partial charge is 0.410 e. The van der Waals surface area contributed by atoms with Crippen LogP contribution >= 0.6 is 0 Å². The van der Waals surface area contributed by atoms with Crippen LogP contribution in [0.2, 0.25) is 0 Å². The molecule has 5 nitrogen and oxygen atoms in total. The van der Waals surface area contributed by atoms with Gasteiger partial charge in [0.1, 0.15) is 13.4 Å². The highest BCUT2D eigenvalue weighted by Gasteiger charge is 2.45. The van der Waals surface area contributed by atoms with Gasteiger partial charge < -0.3 is 14.5 Å². The Balaban J connectivity index is 1.72. The summed E-state index contributed by atoms with van der Waals surface area (Å²) in [5.74, 6) is 0.586. The van der Waals surface area contributed by atoms with Crippen LogP contribution < -0.4 is 0 Å². The van der Waals surface area contributed by atoms with Crippen LogP contribution in [-0.2, 0) is 9.53 Å². The van der Waals surface area contributed by atoms with Crippen LogP contribution in [0.15, 0.2) is 11.5 Å². The summed E-state index contributed by atoms with van der Waals surface area (Å²) < 4.78 is 5.49. The molecule has 0 aromatic carbocycles. The summed E-state index contributed by atoms with van der Waals surface area (Å²) in [7, 11) is 5.77. The van der Waals surface area contributed by atoms with Crippen LogP contribution in [-0.4, -0.2) is 60.9 Å². The van der Waals surface area contributed by atoms with Gasteiger partial charge in [0, 0.05) is 25.7 Å². The molecule has 1 unspecified atom stereocenters. The molecule has 2 fully saturated rings. The molecule has 3 aliphatic rings. The number of hydrogen-bond donors (Lipinski definition) is 0. The van der Waals surface area contributed by atoms with Gasteiger partial charge in [0.2, 0.25) is 5.91 Å². The maximum atomic E-state index is 12.3. The summed E-state index contributed by atoms with van der Waals surface area (Å²) in [6, 6.07) is 0.168. The first-order valence-electron chi connectivity index (χ1n) is 7.99. The fourth-order valence-corrected chi connectivity index (χ4v) is 3.86. The number of carbonyl (C=O) groups is 2. The Morgan fingerprint density at radius 1 is 1.32 bits per heavy atom. The van der Waals surface area contributed by atoms with Crippen LogP contribution in [0.5, 0.6) is 0 Å². The lowest BCUT2D eigenvalue weighted by Gasteiger charge is -2.51. The predicted octanol–water partition coefficient (Wildman–Crippen LogP) is 1.53. The molecule has 0 spiro atoms. The number of piperidine rings is 2. The van der Waals surface area contributed by atoms with Gasteiger partial charge in [-0.1, -0.05) is 6.08 Å². The summed E-state index contributed by atoms with van der Waals surface area (Å²) in [6.07, 6.45) is 3.45. The molecule has 3 rings (SSSR count). The Bertz CT molecular complexity index is 526. The number of nitrogens with zero attached hydrogens (tertiary/aromatic N) is 2. The van der Waals surface area contributed by atoms with Gasteiger partial charge in [-0.15, -0.1) is 0 Å². The summed E-state index contributed by atoms with van der Waals surface area (Å²) in [5.41, 5.74) is -0.117. The molecule has 3 atom stereocenters. The normalized spacial score (nSPS) is 31.5. The van der Waals surface area contributed by atoms with Gasteiger partial charge >= 0.3 is 6.09 Å². The first kappa shape index (κ1) is 15.4. The molecule has 2 amide bonds. The third-order valence-electron chi connectivity index (χ3n) is 4.71. The van der Waals surface area contributed by atoms with Gasteiger partial charge in [-0.2, -0.15) is 0 Å². The largest absolute Gasteiger partial charge is 0.444 e. The highest BCUT2D eigenvalue weighted by atomic mass is 16.6. The van der Waals surface area contributed by atoms with E-state index in [9.17, 15) is 9.59 Å². The predicted molar refractivity (Wildman–Crippen MR) is 83.4 cm³/mol. The minimum atomic E-state index is -0.479. The number of amides is 2. The minimum Gasteiger partial charge on any atom is -0.444 e. The Morgan fingerprint density at radius 2 is 2.05 bits per heavy atom. The standard InChI is InChI=1S/C16H23BN2O3/c1-16(2,3)22-15(21)18-7-10-6-11(9-18)13-5-4-12(17)14(20)19(13)8-10/h4,10-11,13H,5-9H2,1-3H3/t10-,11-,13?/m0/s1. The van der Waals surface area contributed by atoms with Crippen molar-refractivity contribution in [2.45, 2.75) is 45.3 Å². The molecular weight excluding hydrogens is 279 g/mol. The van der Waals surface area contributed by atoms with Crippen molar-refractivity contribution in [3.05, 3.63) is 11.5 Å². The number of fused-ring (bicyclic) bond motifs is 4. The van der Waals surface area contributed by atoms with Gasteiger partial charge in [-0.05, 0) is 50.9 Å². The Morgan fingerprint density at radius 3 is 2.73 bits per heavy atom. The Kier molecular flexibility index (Phi) is 3.73. The molecular formula is C16H23BN2O3. The van der Waals surface area contributed by atoms with Gasteiger partial charge in [0.25, 0.3) is 0 Å². The lowest BCUT2D eigenvalue weighted by Crippen LogP contribution is -2.61. The Hall–Kier alpha value is -1.46. The highest BCUT2D eigenvalue weighted by Crippen LogP contribution is 2.37. The Labute approximate surface area is 133 Å². The molecule has 0 aromatic rings. The van der Waals surface area contributed by atoms with Gasteiger partial charge in [-0.25, -0.2) is 4.79 Å². The van der Waals surface area contributed by atoms with E-state index in [1.54, 1.807) is 0 Å². The molecule has 118 valence electrons. The van der Waals surface area contributed by atoms with E-state index in [4.69, 9.17) is 12.6 Å². The monoisotopic (exact) mass is 302 g/mol. The van der Waals surface area contributed by atoms with E-state index in [1.807, 2.05) is 36.6 Å². The highest BCUT2D eigenvalue weighted by molar-refractivity contribution is 6.36. The lowest BCUT2D eigenvalue weighted by atomic mass is 9.74. The molecule has 0 aromatic heterocycles. The van der Waals surface area contributed by atoms with Crippen molar-refractivity contribution in [1.29, 1.82) is 0 Å². The molecule has 6 heteroatoms. The zero-order valence-electron chi connectivity index (χ0n) is 13.5. The second kappa shape index (κ2) is 5.32. The molecule has 0 saturated carbocycles. The molecule has 3 aliphatic heterocycles. The maximum absolute atomic E-state index is 12.3. The van der Waals surface area contributed by atoms with Crippen LogP contribution in [0.3, 0.4) is 0 Å². The van der Waals surface area contributed by atoms with E-state index in [1.165, 1.54) is 0 Å². The second-order valence-electron chi connectivity index (χ2n) is 7.67. The zero-order valence-corrected chi connectivity index (χ0v) is 13.5. The van der Waals surface area contributed by atoms with Gasteiger partial charge in [-0.3, -0.25) is 4.79 Å². The second-order valence-corrected chi connectivity index (χ2v) is 7.67. The first-order valence-corrected chi connectivity index (χ1v) is 7.99. The molecule has 0 aliphatic carbocycles. The molecule has 3 heterocycles. The quantitative estimate of drug-likeness (QED) is 0.638. The molecule has 0 N–H and O–H groups in total. The molecule has 22 heavy (non-hydrogen) atoms. The maximum Gasteiger partial charge on any atom is 0.410 e. The van der Waals surface area contributed by atoms with Crippen LogP contribution in [0.4, 0.5) is 4.79 Å². The summed E-state index contributed by atoms with van der Waals surface area (Å²) in [4.78, 5) is 28.3. The van der Waals surface area contributed by atoms with Crippen molar-refractivity contribution in [3.63, 3.8) is 0 Å². The topological polar surface area (TPSA) is 49.9 Å². The van der Waals surface area contributed by atoms with E-state index < -0.39 is 5.60 Å². The van der Waals surface area contributed by atoms with Crippen LogP contribution in [0.25, 0.3) is 0 Å². The third-order valence-corrected chi connectivity index (χ3v) is 4.71. The van der Waals surface area contributed by atoms with Crippen molar-refractivity contribution < 1.29 is 14.3 Å². The SMILES string of the molecule is [B]C1=CCC2[C@H]3C[C@@H](CN(C(=O)OC(C)(C)C)C3)CN2C1=O. The summed E-state index contributed by atoms with van der Waals surface area (Å²) in [5, 5.41) is 0. The number of likely N-dealkylation sites (tertiary alicyclic amines) is 1. The van der Waals surface area contributed by atoms with Crippen molar-refractivity contribution in [2.24, 2.45) is 11.8 Å². The summed E-state index contributed by atoms with van der Waals surface area (Å²) in [6.45, 7) is 7.65. The first-order chi connectivity index (χ1) is 10.2. The number of ether oxygens (including phenoxy) is 1. The van der Waals surface area contributed by atoms with E-state index >= 15 is 0 Å².